The number of β-amino-alcohol motifs (C(OH)–C–C–N with tert-alkyl or cyclic N) is 1. The first kappa shape index (κ1) is 15.1. The van der Waals surface area contributed by atoms with E-state index in [1.807, 2.05) is 34.9 Å². The quantitative estimate of drug-likeness (QED) is 0.904. The molecular weight excluding hydrogens is 280 g/mol. The second kappa shape index (κ2) is 7.00. The van der Waals surface area contributed by atoms with E-state index in [-0.39, 0.29) is 6.10 Å². The van der Waals surface area contributed by atoms with Crippen LogP contribution in [0, 0.1) is 0 Å². The second-order valence-corrected chi connectivity index (χ2v) is 5.52. The molecule has 0 amide bonds. The van der Waals surface area contributed by atoms with Gasteiger partial charge in [0, 0.05) is 26.2 Å². The van der Waals surface area contributed by atoms with Gasteiger partial charge < -0.3 is 14.4 Å². The molecule has 0 radical (unpaired) electrons. The van der Waals surface area contributed by atoms with Gasteiger partial charge in [-0.15, -0.1) is 10.2 Å². The number of hydrogen-bond acceptors (Lipinski definition) is 5. The number of aliphatic hydroxyl groups excluding tert-OH is 1. The van der Waals surface area contributed by atoms with Gasteiger partial charge in [-0.05, 0) is 12.5 Å². The van der Waals surface area contributed by atoms with Crippen LogP contribution in [0.3, 0.4) is 0 Å². The largest absolute Gasteiger partial charge is 0.387 e. The van der Waals surface area contributed by atoms with Crippen LogP contribution in [-0.4, -0.2) is 51.0 Å². The fourth-order valence-electron chi connectivity index (χ4n) is 2.81. The summed E-state index contributed by atoms with van der Waals surface area (Å²) in [6.07, 6.45) is 1.17. The van der Waals surface area contributed by atoms with Crippen molar-refractivity contribution in [2.75, 3.05) is 26.2 Å². The molecule has 1 saturated heterocycles. The van der Waals surface area contributed by atoms with Gasteiger partial charge >= 0.3 is 0 Å². The maximum atomic E-state index is 10.4. The van der Waals surface area contributed by atoms with E-state index in [1.54, 1.807) is 6.33 Å². The van der Waals surface area contributed by atoms with E-state index >= 15 is 0 Å². The number of ether oxygens (including phenoxy) is 1. The Kier molecular flexibility index (Phi) is 4.82. The van der Waals surface area contributed by atoms with E-state index in [2.05, 4.69) is 22.0 Å². The minimum Gasteiger partial charge on any atom is -0.387 e. The van der Waals surface area contributed by atoms with Crippen LogP contribution < -0.4 is 0 Å². The van der Waals surface area contributed by atoms with Crippen LogP contribution >= 0.6 is 0 Å². The molecule has 6 nitrogen and oxygen atoms in total. The number of aliphatic hydroxyl groups is 1. The Morgan fingerprint density at radius 2 is 2.18 bits per heavy atom. The summed E-state index contributed by atoms with van der Waals surface area (Å²) in [5.74, 6) is 0.862. The molecule has 3 rings (SSSR count). The highest BCUT2D eigenvalue weighted by Gasteiger charge is 2.27. The highest BCUT2D eigenvalue weighted by atomic mass is 16.5. The molecule has 118 valence electrons. The molecule has 1 N–H and O–H groups in total. The molecule has 2 heterocycles. The van der Waals surface area contributed by atoms with Gasteiger partial charge in [0.25, 0.3) is 0 Å². The number of hydrogen-bond donors (Lipinski definition) is 1. The standard InChI is InChI=1S/C16H22N4O2/c1-2-20-12-17-18-16(20)15-11-19(8-9-22-15)10-14(21)13-6-4-3-5-7-13/h3-7,12,14-15,21H,2,8-11H2,1H3/t14-,15+/m0/s1. The molecule has 1 fully saturated rings. The Bertz CT molecular complexity index is 587. The van der Waals surface area contributed by atoms with Crippen LogP contribution in [0.25, 0.3) is 0 Å². The summed E-state index contributed by atoms with van der Waals surface area (Å²) in [5.41, 5.74) is 0.947. The number of morpholine rings is 1. The van der Waals surface area contributed by atoms with Crippen molar-refractivity contribution in [3.05, 3.63) is 48.0 Å². The Morgan fingerprint density at radius 3 is 2.95 bits per heavy atom. The molecule has 0 spiro atoms. The fraction of sp³-hybridized carbons (Fsp3) is 0.500. The minimum atomic E-state index is -0.482. The molecule has 1 aromatic heterocycles. The highest BCUT2D eigenvalue weighted by molar-refractivity contribution is 5.17. The predicted octanol–water partition coefficient (Wildman–Crippen LogP) is 1.40. The van der Waals surface area contributed by atoms with E-state index in [9.17, 15) is 5.11 Å². The monoisotopic (exact) mass is 302 g/mol. The lowest BCUT2D eigenvalue weighted by atomic mass is 10.1. The number of rotatable bonds is 5. The zero-order valence-corrected chi connectivity index (χ0v) is 12.8. The number of aromatic nitrogens is 3. The molecule has 1 aromatic carbocycles. The van der Waals surface area contributed by atoms with Crippen molar-refractivity contribution in [3.8, 4) is 0 Å². The molecule has 2 atom stereocenters. The number of nitrogens with zero attached hydrogens (tertiary/aromatic N) is 4. The first-order valence-corrected chi connectivity index (χ1v) is 7.72. The summed E-state index contributed by atoms with van der Waals surface area (Å²) in [6, 6.07) is 9.76. The lowest BCUT2D eigenvalue weighted by Crippen LogP contribution is -2.41. The Balaban J connectivity index is 1.63. The molecule has 6 heteroatoms. The maximum Gasteiger partial charge on any atom is 0.163 e. The van der Waals surface area contributed by atoms with Crippen molar-refractivity contribution < 1.29 is 9.84 Å². The maximum absolute atomic E-state index is 10.4. The molecule has 1 aliphatic rings. The number of aryl methyl sites for hydroxylation is 1. The third kappa shape index (κ3) is 3.35. The van der Waals surface area contributed by atoms with Gasteiger partial charge in [0.1, 0.15) is 12.4 Å². The van der Waals surface area contributed by atoms with Crippen LogP contribution in [0.1, 0.15) is 30.5 Å². The van der Waals surface area contributed by atoms with Gasteiger partial charge in [-0.3, -0.25) is 4.90 Å². The first-order chi connectivity index (χ1) is 10.8. The van der Waals surface area contributed by atoms with E-state index in [0.29, 0.717) is 13.2 Å². The Morgan fingerprint density at radius 1 is 1.36 bits per heavy atom. The first-order valence-electron chi connectivity index (χ1n) is 7.72. The summed E-state index contributed by atoms with van der Waals surface area (Å²) >= 11 is 0. The van der Waals surface area contributed by atoms with Crippen LogP contribution in [0.15, 0.2) is 36.7 Å². The van der Waals surface area contributed by atoms with E-state index in [4.69, 9.17) is 4.74 Å². The smallest absolute Gasteiger partial charge is 0.163 e. The van der Waals surface area contributed by atoms with Crippen molar-refractivity contribution >= 4 is 0 Å². The van der Waals surface area contributed by atoms with Gasteiger partial charge in [0.2, 0.25) is 0 Å². The zero-order valence-electron chi connectivity index (χ0n) is 12.8. The molecule has 1 aliphatic heterocycles. The average molecular weight is 302 g/mol. The van der Waals surface area contributed by atoms with Gasteiger partial charge in [-0.25, -0.2) is 0 Å². The van der Waals surface area contributed by atoms with Crippen molar-refractivity contribution in [2.45, 2.75) is 25.7 Å². The van der Waals surface area contributed by atoms with Gasteiger partial charge in [0.05, 0.1) is 12.7 Å². The van der Waals surface area contributed by atoms with Crippen molar-refractivity contribution in [1.82, 2.24) is 19.7 Å². The molecule has 0 unspecified atom stereocenters. The van der Waals surface area contributed by atoms with E-state index in [0.717, 1.165) is 31.0 Å². The van der Waals surface area contributed by atoms with Crippen LogP contribution in [0.4, 0.5) is 0 Å². The highest BCUT2D eigenvalue weighted by Crippen LogP contribution is 2.22. The summed E-state index contributed by atoms with van der Waals surface area (Å²) < 4.78 is 7.84. The van der Waals surface area contributed by atoms with Crippen LogP contribution in [-0.2, 0) is 11.3 Å². The van der Waals surface area contributed by atoms with Crippen LogP contribution in [0.2, 0.25) is 0 Å². The molecule has 2 aromatic rings. The summed E-state index contributed by atoms with van der Waals surface area (Å²) in [6.45, 7) is 5.68. The lowest BCUT2D eigenvalue weighted by Gasteiger charge is -2.33. The fourth-order valence-corrected chi connectivity index (χ4v) is 2.81. The third-order valence-corrected chi connectivity index (χ3v) is 4.04. The topological polar surface area (TPSA) is 63.4 Å². The van der Waals surface area contributed by atoms with Gasteiger partial charge in [0.15, 0.2) is 5.82 Å². The average Bonchev–Trinajstić information content (AvgIpc) is 3.04. The van der Waals surface area contributed by atoms with Crippen molar-refractivity contribution in [3.63, 3.8) is 0 Å². The molecule has 0 saturated carbocycles. The molecule has 22 heavy (non-hydrogen) atoms. The minimum absolute atomic E-state index is 0.0841. The number of benzene rings is 1. The zero-order chi connectivity index (χ0) is 15.4. The van der Waals surface area contributed by atoms with E-state index < -0.39 is 6.10 Å². The molecule has 0 bridgehead atoms. The van der Waals surface area contributed by atoms with Crippen molar-refractivity contribution in [2.24, 2.45) is 0 Å². The lowest BCUT2D eigenvalue weighted by molar-refractivity contribution is -0.0476. The Hall–Kier alpha value is -1.76. The predicted molar refractivity (Wildman–Crippen MR) is 82.2 cm³/mol. The van der Waals surface area contributed by atoms with E-state index in [1.165, 1.54) is 0 Å². The third-order valence-electron chi connectivity index (χ3n) is 4.04. The summed E-state index contributed by atoms with van der Waals surface area (Å²) in [4.78, 5) is 2.22. The van der Waals surface area contributed by atoms with Crippen molar-refractivity contribution in [1.29, 1.82) is 0 Å². The van der Waals surface area contributed by atoms with Gasteiger partial charge in [-0.1, -0.05) is 30.3 Å². The van der Waals surface area contributed by atoms with Gasteiger partial charge in [-0.2, -0.15) is 0 Å². The summed E-state index contributed by atoms with van der Waals surface area (Å²) in [5, 5.41) is 18.5. The SMILES string of the molecule is CCn1cnnc1[C@H]1CN(C[C@H](O)c2ccccc2)CCO1. The summed E-state index contributed by atoms with van der Waals surface area (Å²) in [7, 11) is 0. The normalized spacial score (nSPS) is 20.9. The molecule has 0 aliphatic carbocycles. The second-order valence-electron chi connectivity index (χ2n) is 5.52. The van der Waals surface area contributed by atoms with Crippen LogP contribution in [0.5, 0.6) is 0 Å². The Labute approximate surface area is 130 Å². The molecular formula is C16H22N4O2.